The maximum Gasteiger partial charge on any atom is 0.157 e. The van der Waals surface area contributed by atoms with Crippen molar-refractivity contribution in [3.8, 4) is 5.75 Å². The Kier molecular flexibility index (Phi) is 4.96. The van der Waals surface area contributed by atoms with E-state index in [1.54, 1.807) is 12.3 Å². The summed E-state index contributed by atoms with van der Waals surface area (Å²) in [5, 5.41) is 21.6. The molecule has 3 N–H and O–H groups in total. The third-order valence-electron chi connectivity index (χ3n) is 4.23. The Bertz CT molecular complexity index is 810. The van der Waals surface area contributed by atoms with Crippen LogP contribution in [0.15, 0.2) is 36.5 Å². The van der Waals surface area contributed by atoms with Crippen LogP contribution < -0.4 is 5.32 Å². The molecule has 0 bridgehead atoms. The van der Waals surface area contributed by atoms with E-state index < -0.39 is 0 Å². The first-order valence-corrected chi connectivity index (χ1v) is 8.27. The summed E-state index contributed by atoms with van der Waals surface area (Å²) >= 11 is 0. The molecule has 0 aliphatic heterocycles. The van der Waals surface area contributed by atoms with E-state index in [2.05, 4.69) is 39.2 Å². The van der Waals surface area contributed by atoms with Crippen molar-refractivity contribution >= 4 is 16.9 Å². The van der Waals surface area contributed by atoms with Gasteiger partial charge in [0.15, 0.2) is 11.5 Å². The SMILES string of the molecule is CCN(CC)Cc1cc(CNc2n[nH]c3ncccc23)ccc1O. The quantitative estimate of drug-likeness (QED) is 0.622. The highest BCUT2D eigenvalue weighted by molar-refractivity contribution is 5.86. The summed E-state index contributed by atoms with van der Waals surface area (Å²) in [5.41, 5.74) is 2.83. The lowest BCUT2D eigenvalue weighted by atomic mass is 10.1. The monoisotopic (exact) mass is 325 g/mol. The van der Waals surface area contributed by atoms with Gasteiger partial charge in [-0.2, -0.15) is 5.10 Å². The van der Waals surface area contributed by atoms with E-state index in [-0.39, 0.29) is 0 Å². The zero-order chi connectivity index (χ0) is 16.9. The number of fused-ring (bicyclic) bond motifs is 1. The number of aromatic nitrogens is 3. The second-order valence-corrected chi connectivity index (χ2v) is 5.75. The average Bonchev–Trinajstić information content (AvgIpc) is 3.03. The fourth-order valence-corrected chi connectivity index (χ4v) is 2.74. The van der Waals surface area contributed by atoms with Gasteiger partial charge in [0.1, 0.15) is 5.75 Å². The van der Waals surface area contributed by atoms with E-state index >= 15 is 0 Å². The summed E-state index contributed by atoms with van der Waals surface area (Å²) in [7, 11) is 0. The highest BCUT2D eigenvalue weighted by atomic mass is 16.3. The standard InChI is InChI=1S/C18H23N5O/c1-3-23(4-2)12-14-10-13(7-8-16(14)24)11-20-18-15-6-5-9-19-17(15)21-22-18/h5-10,24H,3-4,11-12H2,1-2H3,(H2,19,20,21,22). The summed E-state index contributed by atoms with van der Waals surface area (Å²) in [5.74, 6) is 1.14. The van der Waals surface area contributed by atoms with Gasteiger partial charge in [0.25, 0.3) is 0 Å². The number of H-pyrrole nitrogens is 1. The molecule has 3 rings (SSSR count). The molecule has 0 saturated carbocycles. The van der Waals surface area contributed by atoms with Gasteiger partial charge in [0.05, 0.1) is 5.39 Å². The smallest absolute Gasteiger partial charge is 0.157 e. The van der Waals surface area contributed by atoms with Crippen molar-refractivity contribution in [3.63, 3.8) is 0 Å². The first-order valence-electron chi connectivity index (χ1n) is 8.27. The van der Waals surface area contributed by atoms with Gasteiger partial charge in [-0.3, -0.25) is 10.00 Å². The van der Waals surface area contributed by atoms with E-state index in [1.165, 1.54) is 0 Å². The lowest BCUT2D eigenvalue weighted by Crippen LogP contribution is -2.22. The van der Waals surface area contributed by atoms with Gasteiger partial charge in [0, 0.05) is 24.8 Å². The van der Waals surface area contributed by atoms with Crippen molar-refractivity contribution < 1.29 is 5.11 Å². The predicted molar refractivity (Wildman–Crippen MR) is 95.9 cm³/mol. The van der Waals surface area contributed by atoms with Crippen LogP contribution in [0.2, 0.25) is 0 Å². The van der Waals surface area contributed by atoms with Crippen molar-refractivity contribution in [2.45, 2.75) is 26.9 Å². The Morgan fingerprint density at radius 1 is 1.21 bits per heavy atom. The molecule has 6 nitrogen and oxygen atoms in total. The lowest BCUT2D eigenvalue weighted by molar-refractivity contribution is 0.290. The van der Waals surface area contributed by atoms with E-state index in [4.69, 9.17) is 0 Å². The Labute approximate surface area is 141 Å². The molecule has 0 unspecified atom stereocenters. The van der Waals surface area contributed by atoms with Gasteiger partial charge in [-0.05, 0) is 42.9 Å². The van der Waals surface area contributed by atoms with Crippen LogP contribution in [0.1, 0.15) is 25.0 Å². The van der Waals surface area contributed by atoms with E-state index in [0.29, 0.717) is 12.3 Å². The molecule has 0 fully saturated rings. The number of anilines is 1. The van der Waals surface area contributed by atoms with Crippen molar-refractivity contribution in [1.29, 1.82) is 0 Å². The molecule has 24 heavy (non-hydrogen) atoms. The van der Waals surface area contributed by atoms with Crippen LogP contribution in [0.25, 0.3) is 11.0 Å². The Morgan fingerprint density at radius 3 is 2.83 bits per heavy atom. The maximum absolute atomic E-state index is 10.1. The summed E-state index contributed by atoms with van der Waals surface area (Å²) in [4.78, 5) is 6.51. The maximum atomic E-state index is 10.1. The minimum atomic E-state index is 0.347. The molecule has 6 heteroatoms. The topological polar surface area (TPSA) is 77.1 Å². The average molecular weight is 325 g/mol. The summed E-state index contributed by atoms with van der Waals surface area (Å²) in [6, 6.07) is 9.62. The number of hydrogen-bond donors (Lipinski definition) is 3. The van der Waals surface area contributed by atoms with Crippen LogP contribution in [0.4, 0.5) is 5.82 Å². The van der Waals surface area contributed by atoms with Gasteiger partial charge in [-0.15, -0.1) is 0 Å². The normalized spacial score (nSPS) is 11.3. The van der Waals surface area contributed by atoms with Crippen molar-refractivity contribution in [1.82, 2.24) is 20.1 Å². The molecule has 1 aromatic carbocycles. The molecule has 0 saturated heterocycles. The molecule has 0 radical (unpaired) electrons. The molecule has 0 aliphatic rings. The third-order valence-corrected chi connectivity index (χ3v) is 4.23. The third kappa shape index (κ3) is 3.49. The van der Waals surface area contributed by atoms with Crippen molar-refractivity contribution in [3.05, 3.63) is 47.7 Å². The number of phenols is 1. The van der Waals surface area contributed by atoms with Crippen LogP contribution in [0.3, 0.4) is 0 Å². The molecule has 2 heterocycles. The zero-order valence-corrected chi connectivity index (χ0v) is 14.1. The Balaban J connectivity index is 1.73. The summed E-state index contributed by atoms with van der Waals surface area (Å²) in [6.07, 6.45) is 1.74. The molecule has 0 amide bonds. The van der Waals surface area contributed by atoms with Crippen LogP contribution in [0, 0.1) is 0 Å². The number of rotatable bonds is 7. The second-order valence-electron chi connectivity index (χ2n) is 5.75. The van der Waals surface area contributed by atoms with Gasteiger partial charge in [-0.25, -0.2) is 4.98 Å². The minimum absolute atomic E-state index is 0.347. The second kappa shape index (κ2) is 7.31. The Hall–Kier alpha value is -2.60. The number of phenolic OH excluding ortho intramolecular Hbond substituents is 1. The molecule has 0 atom stereocenters. The highest BCUT2D eigenvalue weighted by Crippen LogP contribution is 2.22. The van der Waals surface area contributed by atoms with E-state index in [1.807, 2.05) is 24.3 Å². The zero-order valence-electron chi connectivity index (χ0n) is 14.1. The van der Waals surface area contributed by atoms with Crippen LogP contribution in [-0.2, 0) is 13.1 Å². The number of aromatic hydroxyl groups is 1. The molecule has 0 spiro atoms. The number of aromatic amines is 1. The number of benzene rings is 1. The van der Waals surface area contributed by atoms with Crippen LogP contribution in [0.5, 0.6) is 5.75 Å². The van der Waals surface area contributed by atoms with Gasteiger partial charge < -0.3 is 10.4 Å². The molecule has 2 aromatic heterocycles. The van der Waals surface area contributed by atoms with E-state index in [9.17, 15) is 5.11 Å². The minimum Gasteiger partial charge on any atom is -0.508 e. The first-order chi connectivity index (χ1) is 11.7. The van der Waals surface area contributed by atoms with Crippen LogP contribution >= 0.6 is 0 Å². The van der Waals surface area contributed by atoms with Gasteiger partial charge >= 0.3 is 0 Å². The summed E-state index contributed by atoms with van der Waals surface area (Å²) < 4.78 is 0. The fraction of sp³-hybridized carbons (Fsp3) is 0.333. The number of hydrogen-bond acceptors (Lipinski definition) is 5. The number of nitrogens with one attached hydrogen (secondary N) is 2. The predicted octanol–water partition coefficient (Wildman–Crippen LogP) is 3.12. The Morgan fingerprint density at radius 2 is 2.04 bits per heavy atom. The number of pyridine rings is 1. The highest BCUT2D eigenvalue weighted by Gasteiger charge is 2.09. The summed E-state index contributed by atoms with van der Waals surface area (Å²) in [6.45, 7) is 7.57. The van der Waals surface area contributed by atoms with Gasteiger partial charge in [0.2, 0.25) is 0 Å². The molecule has 126 valence electrons. The molecule has 3 aromatic rings. The van der Waals surface area contributed by atoms with Crippen molar-refractivity contribution in [2.75, 3.05) is 18.4 Å². The molecular formula is C18H23N5O. The first kappa shape index (κ1) is 16.3. The molecular weight excluding hydrogens is 302 g/mol. The van der Waals surface area contributed by atoms with Gasteiger partial charge in [-0.1, -0.05) is 19.9 Å². The lowest BCUT2D eigenvalue weighted by Gasteiger charge is -2.19. The van der Waals surface area contributed by atoms with Crippen LogP contribution in [-0.4, -0.2) is 38.3 Å². The fourth-order valence-electron chi connectivity index (χ4n) is 2.74. The van der Waals surface area contributed by atoms with E-state index in [0.717, 1.165) is 47.6 Å². The molecule has 0 aliphatic carbocycles. The largest absolute Gasteiger partial charge is 0.508 e. The number of nitrogens with zero attached hydrogens (tertiary/aromatic N) is 3. The van der Waals surface area contributed by atoms with Crippen molar-refractivity contribution in [2.24, 2.45) is 0 Å².